The Balaban J connectivity index is 2.03. The van der Waals surface area contributed by atoms with Crippen LogP contribution in [0.25, 0.3) is 5.69 Å². The first-order valence-corrected chi connectivity index (χ1v) is 6.22. The highest BCUT2D eigenvalue weighted by Crippen LogP contribution is 2.27. The maximum absolute atomic E-state index is 13.1. The minimum Gasteiger partial charge on any atom is -0.353 e. The quantitative estimate of drug-likeness (QED) is 0.900. The van der Waals surface area contributed by atoms with E-state index in [1.165, 1.54) is 18.9 Å². The summed E-state index contributed by atoms with van der Waals surface area (Å²) in [6.07, 6.45) is 4.38. The number of halogens is 1. The van der Waals surface area contributed by atoms with E-state index in [4.69, 9.17) is 0 Å². The molecule has 0 spiro atoms. The summed E-state index contributed by atoms with van der Waals surface area (Å²) in [7, 11) is 0. The van der Waals surface area contributed by atoms with Gasteiger partial charge in [0.15, 0.2) is 0 Å². The minimum absolute atomic E-state index is 0.204. The van der Waals surface area contributed by atoms with Crippen LogP contribution in [0.3, 0.4) is 0 Å². The lowest BCUT2D eigenvalue weighted by Crippen LogP contribution is -2.08. The third kappa shape index (κ3) is 2.10. The van der Waals surface area contributed by atoms with Crippen molar-refractivity contribution in [1.29, 1.82) is 0 Å². The second-order valence-electron chi connectivity index (χ2n) is 4.93. The summed E-state index contributed by atoms with van der Waals surface area (Å²) in [5.41, 5.74) is 2.84. The minimum atomic E-state index is -0.204. The molecule has 0 atom stereocenters. The average Bonchev–Trinajstić information content (AvgIpc) is 3.03. The van der Waals surface area contributed by atoms with Gasteiger partial charge >= 0.3 is 0 Å². The molecule has 0 saturated heterocycles. The van der Waals surface area contributed by atoms with E-state index in [1.807, 2.05) is 24.6 Å². The molecule has 0 aliphatic heterocycles. The Morgan fingerprint density at radius 2 is 2.11 bits per heavy atom. The van der Waals surface area contributed by atoms with Gasteiger partial charge in [0, 0.05) is 12.2 Å². The van der Waals surface area contributed by atoms with E-state index in [9.17, 15) is 4.39 Å². The molecule has 0 radical (unpaired) electrons. The Labute approximate surface area is 106 Å². The van der Waals surface area contributed by atoms with Crippen molar-refractivity contribution in [3.63, 3.8) is 0 Å². The predicted molar refractivity (Wildman–Crippen MR) is 69.6 cm³/mol. The molecule has 3 rings (SSSR count). The van der Waals surface area contributed by atoms with Gasteiger partial charge in [-0.25, -0.2) is 9.37 Å². The number of aryl methyl sites for hydroxylation is 2. The first kappa shape index (κ1) is 11.3. The third-order valence-electron chi connectivity index (χ3n) is 3.16. The van der Waals surface area contributed by atoms with Crippen molar-refractivity contribution >= 4 is 5.95 Å². The van der Waals surface area contributed by atoms with Crippen LogP contribution in [0.2, 0.25) is 0 Å². The number of nitrogens with zero attached hydrogens (tertiary/aromatic N) is 2. The van der Waals surface area contributed by atoms with Gasteiger partial charge < -0.3 is 5.32 Å². The second kappa shape index (κ2) is 4.12. The van der Waals surface area contributed by atoms with Crippen LogP contribution in [0.5, 0.6) is 0 Å². The lowest BCUT2D eigenvalue weighted by atomic mass is 10.2. The molecular weight excluding hydrogens is 229 g/mol. The average molecular weight is 245 g/mol. The van der Waals surface area contributed by atoms with Gasteiger partial charge in [-0.2, -0.15) is 0 Å². The maximum Gasteiger partial charge on any atom is 0.207 e. The summed E-state index contributed by atoms with van der Waals surface area (Å²) in [6.45, 7) is 3.88. The zero-order valence-electron chi connectivity index (χ0n) is 10.6. The number of nitrogens with one attached hydrogen (secondary N) is 1. The zero-order valence-corrected chi connectivity index (χ0v) is 10.6. The molecule has 1 N–H and O–H groups in total. The molecule has 0 unspecified atom stereocenters. The lowest BCUT2D eigenvalue weighted by molar-refractivity contribution is 0.626. The van der Waals surface area contributed by atoms with Crippen LogP contribution >= 0.6 is 0 Å². The highest BCUT2D eigenvalue weighted by atomic mass is 19.1. The van der Waals surface area contributed by atoms with Gasteiger partial charge in [0.25, 0.3) is 0 Å². The van der Waals surface area contributed by atoms with Gasteiger partial charge in [0.2, 0.25) is 5.95 Å². The number of benzene rings is 1. The summed E-state index contributed by atoms with van der Waals surface area (Å²) in [4.78, 5) is 4.49. The Morgan fingerprint density at radius 1 is 1.33 bits per heavy atom. The molecule has 1 fully saturated rings. The second-order valence-corrected chi connectivity index (χ2v) is 4.93. The molecule has 1 aromatic heterocycles. The fourth-order valence-corrected chi connectivity index (χ4v) is 2.08. The predicted octanol–water partition coefficient (Wildman–Crippen LogP) is 3.20. The van der Waals surface area contributed by atoms with Gasteiger partial charge in [-0.3, -0.25) is 4.57 Å². The van der Waals surface area contributed by atoms with Crippen molar-refractivity contribution in [2.45, 2.75) is 32.7 Å². The van der Waals surface area contributed by atoms with Gasteiger partial charge in [-0.1, -0.05) is 0 Å². The number of imidazole rings is 1. The fourth-order valence-electron chi connectivity index (χ4n) is 2.08. The van der Waals surface area contributed by atoms with Crippen LogP contribution in [-0.2, 0) is 0 Å². The lowest BCUT2D eigenvalue weighted by Gasteiger charge is -2.11. The van der Waals surface area contributed by atoms with Crippen molar-refractivity contribution in [2.75, 3.05) is 5.32 Å². The summed E-state index contributed by atoms with van der Waals surface area (Å²) in [5.74, 6) is 0.648. The molecule has 0 amide bonds. The Morgan fingerprint density at radius 3 is 2.78 bits per heavy atom. The topological polar surface area (TPSA) is 29.9 Å². The molecule has 4 heteroatoms. The molecule has 2 aromatic rings. The van der Waals surface area contributed by atoms with Crippen LogP contribution in [0, 0.1) is 19.7 Å². The summed E-state index contributed by atoms with van der Waals surface area (Å²) >= 11 is 0. The van der Waals surface area contributed by atoms with Gasteiger partial charge in [0.1, 0.15) is 5.82 Å². The van der Waals surface area contributed by atoms with Crippen LogP contribution in [-0.4, -0.2) is 15.6 Å². The summed E-state index contributed by atoms with van der Waals surface area (Å²) in [6, 6.07) is 5.37. The van der Waals surface area contributed by atoms with Gasteiger partial charge in [-0.05, 0) is 50.5 Å². The van der Waals surface area contributed by atoms with E-state index in [2.05, 4.69) is 10.3 Å². The molecule has 18 heavy (non-hydrogen) atoms. The van der Waals surface area contributed by atoms with Crippen LogP contribution in [0.15, 0.2) is 24.4 Å². The molecule has 1 aromatic carbocycles. The molecule has 1 aliphatic rings. The Bertz CT molecular complexity index is 585. The van der Waals surface area contributed by atoms with Crippen molar-refractivity contribution in [1.82, 2.24) is 9.55 Å². The maximum atomic E-state index is 13.1. The number of hydrogen-bond acceptors (Lipinski definition) is 2. The molecule has 3 nitrogen and oxygen atoms in total. The number of aromatic nitrogens is 2. The Kier molecular flexibility index (Phi) is 2.58. The van der Waals surface area contributed by atoms with E-state index in [1.54, 1.807) is 12.1 Å². The monoisotopic (exact) mass is 245 g/mol. The number of anilines is 1. The van der Waals surface area contributed by atoms with Crippen molar-refractivity contribution < 1.29 is 4.39 Å². The summed E-state index contributed by atoms with van der Waals surface area (Å²) < 4.78 is 15.2. The molecule has 94 valence electrons. The molecule has 1 aliphatic carbocycles. The van der Waals surface area contributed by atoms with E-state index in [0.717, 1.165) is 22.9 Å². The van der Waals surface area contributed by atoms with Crippen LogP contribution in [0.1, 0.15) is 24.1 Å². The van der Waals surface area contributed by atoms with Crippen molar-refractivity contribution in [3.05, 3.63) is 41.5 Å². The van der Waals surface area contributed by atoms with Crippen LogP contribution in [0.4, 0.5) is 10.3 Å². The number of rotatable bonds is 3. The first-order valence-electron chi connectivity index (χ1n) is 6.22. The largest absolute Gasteiger partial charge is 0.353 e. The smallest absolute Gasteiger partial charge is 0.207 e. The van der Waals surface area contributed by atoms with Gasteiger partial charge in [-0.15, -0.1) is 0 Å². The first-order chi connectivity index (χ1) is 8.63. The van der Waals surface area contributed by atoms with E-state index in [0.29, 0.717) is 6.04 Å². The molecule has 0 bridgehead atoms. The SMILES string of the molecule is Cc1cn(-c2ccc(F)cc2C)c(NC2CC2)n1. The van der Waals surface area contributed by atoms with Crippen LogP contribution < -0.4 is 5.32 Å². The normalized spacial score (nSPS) is 14.8. The fraction of sp³-hybridized carbons (Fsp3) is 0.357. The van der Waals surface area contributed by atoms with E-state index in [-0.39, 0.29) is 5.82 Å². The highest BCUT2D eigenvalue weighted by Gasteiger charge is 2.23. The molecular formula is C14H16FN3. The van der Waals surface area contributed by atoms with Crippen molar-refractivity contribution in [3.8, 4) is 5.69 Å². The number of hydrogen-bond donors (Lipinski definition) is 1. The Hall–Kier alpha value is -1.84. The molecule has 1 heterocycles. The highest BCUT2D eigenvalue weighted by molar-refractivity contribution is 5.48. The summed E-state index contributed by atoms with van der Waals surface area (Å²) in [5, 5.41) is 3.40. The van der Waals surface area contributed by atoms with Gasteiger partial charge in [0.05, 0.1) is 11.4 Å². The zero-order chi connectivity index (χ0) is 12.7. The standard InChI is InChI=1S/C14H16FN3/c1-9-7-11(15)3-6-13(9)18-8-10(2)16-14(18)17-12-4-5-12/h3,6-8,12H,4-5H2,1-2H3,(H,16,17). The van der Waals surface area contributed by atoms with Crippen molar-refractivity contribution in [2.24, 2.45) is 0 Å². The third-order valence-corrected chi connectivity index (χ3v) is 3.16. The van der Waals surface area contributed by atoms with E-state index < -0.39 is 0 Å². The van der Waals surface area contributed by atoms with E-state index >= 15 is 0 Å². The molecule has 1 saturated carbocycles.